The van der Waals surface area contributed by atoms with Crippen molar-refractivity contribution in [2.75, 3.05) is 5.32 Å². The Labute approximate surface area is 174 Å². The van der Waals surface area contributed by atoms with Crippen molar-refractivity contribution >= 4 is 52.0 Å². The Bertz CT molecular complexity index is 961. The van der Waals surface area contributed by atoms with Gasteiger partial charge in [0.1, 0.15) is 12.9 Å². The summed E-state index contributed by atoms with van der Waals surface area (Å²) in [5, 5.41) is 9.97. The normalized spacial score (nSPS) is 10.4. The number of nitrogens with zero attached hydrogens (tertiary/aromatic N) is 3. The molecule has 1 aromatic heterocycles. The van der Waals surface area contributed by atoms with E-state index in [2.05, 4.69) is 43.3 Å². The number of aromatic nitrogens is 3. The lowest BCUT2D eigenvalue weighted by Gasteiger charge is -2.05. The van der Waals surface area contributed by atoms with E-state index in [4.69, 9.17) is 11.6 Å². The SMILES string of the molecule is O=C(Cn1cnc(NC(=O)c2cc(Cl)ccc2I)n1)NCc1ccccc1. The van der Waals surface area contributed by atoms with E-state index in [1.54, 1.807) is 18.2 Å². The Morgan fingerprint density at radius 2 is 1.93 bits per heavy atom. The van der Waals surface area contributed by atoms with Gasteiger partial charge in [-0.3, -0.25) is 14.9 Å². The van der Waals surface area contributed by atoms with E-state index in [0.29, 0.717) is 17.1 Å². The van der Waals surface area contributed by atoms with E-state index >= 15 is 0 Å². The third kappa shape index (κ3) is 5.51. The fourth-order valence-corrected chi connectivity index (χ4v) is 3.02. The van der Waals surface area contributed by atoms with Crippen LogP contribution in [0.2, 0.25) is 5.02 Å². The number of carbonyl (C=O) groups is 2. The summed E-state index contributed by atoms with van der Waals surface area (Å²) in [6.07, 6.45) is 1.39. The summed E-state index contributed by atoms with van der Waals surface area (Å²) in [6, 6.07) is 14.6. The van der Waals surface area contributed by atoms with Gasteiger partial charge in [-0.1, -0.05) is 41.9 Å². The first-order valence-electron chi connectivity index (χ1n) is 7.98. The quantitative estimate of drug-likeness (QED) is 0.515. The molecule has 0 aliphatic heterocycles. The zero-order chi connectivity index (χ0) is 19.2. The molecule has 1 heterocycles. The molecule has 3 aromatic rings. The van der Waals surface area contributed by atoms with Crippen LogP contribution in [0.3, 0.4) is 0 Å². The fourth-order valence-electron chi connectivity index (χ4n) is 2.27. The third-order valence-electron chi connectivity index (χ3n) is 3.57. The van der Waals surface area contributed by atoms with Gasteiger partial charge in [-0.25, -0.2) is 9.67 Å². The Kier molecular flexibility index (Phi) is 6.40. The maximum Gasteiger partial charge on any atom is 0.259 e. The molecule has 0 bridgehead atoms. The molecule has 0 aliphatic rings. The molecule has 2 N–H and O–H groups in total. The first-order valence-corrected chi connectivity index (χ1v) is 9.43. The molecule has 27 heavy (non-hydrogen) atoms. The average molecular weight is 496 g/mol. The van der Waals surface area contributed by atoms with Gasteiger partial charge in [0.25, 0.3) is 5.91 Å². The highest BCUT2D eigenvalue weighted by atomic mass is 127. The van der Waals surface area contributed by atoms with Gasteiger partial charge >= 0.3 is 0 Å². The van der Waals surface area contributed by atoms with Gasteiger partial charge < -0.3 is 5.32 Å². The maximum atomic E-state index is 12.3. The summed E-state index contributed by atoms with van der Waals surface area (Å²) >= 11 is 7.99. The Morgan fingerprint density at radius 1 is 1.15 bits per heavy atom. The topological polar surface area (TPSA) is 88.9 Å². The second kappa shape index (κ2) is 8.96. The molecule has 0 saturated heterocycles. The number of benzene rings is 2. The number of halogens is 2. The number of hydrogen-bond acceptors (Lipinski definition) is 4. The van der Waals surface area contributed by atoms with Crippen LogP contribution in [0.5, 0.6) is 0 Å². The van der Waals surface area contributed by atoms with Crippen molar-refractivity contribution in [3.05, 3.63) is 74.6 Å². The lowest BCUT2D eigenvalue weighted by Crippen LogP contribution is -2.27. The first kappa shape index (κ1) is 19.3. The fraction of sp³-hybridized carbons (Fsp3) is 0.111. The van der Waals surface area contributed by atoms with Crippen molar-refractivity contribution in [2.45, 2.75) is 13.1 Å². The van der Waals surface area contributed by atoms with Crippen LogP contribution in [0.25, 0.3) is 0 Å². The van der Waals surface area contributed by atoms with E-state index in [-0.39, 0.29) is 24.3 Å². The number of amides is 2. The number of anilines is 1. The van der Waals surface area contributed by atoms with Crippen molar-refractivity contribution in [2.24, 2.45) is 0 Å². The van der Waals surface area contributed by atoms with Crippen molar-refractivity contribution in [3.63, 3.8) is 0 Å². The van der Waals surface area contributed by atoms with Crippen LogP contribution in [-0.2, 0) is 17.9 Å². The molecule has 0 unspecified atom stereocenters. The number of rotatable bonds is 6. The summed E-state index contributed by atoms with van der Waals surface area (Å²) < 4.78 is 2.12. The lowest BCUT2D eigenvalue weighted by atomic mass is 10.2. The monoisotopic (exact) mass is 495 g/mol. The molecule has 138 valence electrons. The lowest BCUT2D eigenvalue weighted by molar-refractivity contribution is -0.122. The van der Waals surface area contributed by atoms with E-state index in [1.165, 1.54) is 11.0 Å². The molecular weight excluding hydrogens is 481 g/mol. The summed E-state index contributed by atoms with van der Waals surface area (Å²) in [5.74, 6) is -0.453. The van der Waals surface area contributed by atoms with Gasteiger partial charge in [-0.15, -0.1) is 5.10 Å². The molecule has 2 amide bonds. The third-order valence-corrected chi connectivity index (χ3v) is 4.75. The van der Waals surface area contributed by atoms with E-state index in [0.717, 1.165) is 9.13 Å². The molecule has 7 nitrogen and oxygen atoms in total. The summed E-state index contributed by atoms with van der Waals surface area (Å²) in [6.45, 7) is 0.440. The zero-order valence-electron chi connectivity index (χ0n) is 14.0. The van der Waals surface area contributed by atoms with E-state index < -0.39 is 0 Å². The molecular formula is C18H15ClIN5O2. The van der Waals surface area contributed by atoms with Gasteiger partial charge in [-0.2, -0.15) is 0 Å². The molecule has 0 fully saturated rings. The molecule has 0 saturated carbocycles. The minimum atomic E-state index is -0.367. The predicted octanol–water partition coefficient (Wildman–Crippen LogP) is 3.10. The Hall–Kier alpha value is -2.46. The van der Waals surface area contributed by atoms with Crippen LogP contribution in [-0.4, -0.2) is 26.6 Å². The van der Waals surface area contributed by atoms with Gasteiger partial charge in [0.2, 0.25) is 11.9 Å². The minimum Gasteiger partial charge on any atom is -0.350 e. The van der Waals surface area contributed by atoms with Gasteiger partial charge in [0, 0.05) is 15.1 Å². The van der Waals surface area contributed by atoms with Crippen LogP contribution in [0, 0.1) is 3.57 Å². The van der Waals surface area contributed by atoms with Crippen molar-refractivity contribution in [1.82, 2.24) is 20.1 Å². The van der Waals surface area contributed by atoms with Crippen molar-refractivity contribution < 1.29 is 9.59 Å². The Balaban J connectivity index is 1.55. The highest BCUT2D eigenvalue weighted by Crippen LogP contribution is 2.18. The Morgan fingerprint density at radius 3 is 2.70 bits per heavy atom. The number of hydrogen-bond donors (Lipinski definition) is 2. The summed E-state index contributed by atoms with van der Waals surface area (Å²) in [5.41, 5.74) is 1.44. The molecule has 0 radical (unpaired) electrons. The molecule has 0 spiro atoms. The zero-order valence-corrected chi connectivity index (χ0v) is 16.9. The van der Waals surface area contributed by atoms with Crippen LogP contribution >= 0.6 is 34.2 Å². The highest BCUT2D eigenvalue weighted by Gasteiger charge is 2.13. The highest BCUT2D eigenvalue weighted by molar-refractivity contribution is 14.1. The van der Waals surface area contributed by atoms with Gasteiger partial charge in [0.15, 0.2) is 0 Å². The largest absolute Gasteiger partial charge is 0.350 e. The van der Waals surface area contributed by atoms with Crippen molar-refractivity contribution in [3.8, 4) is 0 Å². The minimum absolute atomic E-state index is 0.00437. The van der Waals surface area contributed by atoms with Gasteiger partial charge in [-0.05, 0) is 46.4 Å². The number of nitrogens with one attached hydrogen (secondary N) is 2. The van der Waals surface area contributed by atoms with Crippen LogP contribution in [0.1, 0.15) is 15.9 Å². The molecule has 0 aliphatic carbocycles. The maximum absolute atomic E-state index is 12.3. The predicted molar refractivity (Wildman–Crippen MR) is 110 cm³/mol. The standard InChI is InChI=1S/C18H15ClIN5O2/c19-13-6-7-15(20)14(8-13)17(27)23-18-22-11-25(24-18)10-16(26)21-9-12-4-2-1-3-5-12/h1-8,11H,9-10H2,(H,21,26)(H,23,24,27). The van der Waals surface area contributed by atoms with E-state index in [1.807, 2.05) is 30.3 Å². The average Bonchev–Trinajstić information content (AvgIpc) is 3.09. The van der Waals surface area contributed by atoms with Crippen LogP contribution in [0.15, 0.2) is 54.9 Å². The van der Waals surface area contributed by atoms with Crippen molar-refractivity contribution in [1.29, 1.82) is 0 Å². The van der Waals surface area contributed by atoms with Gasteiger partial charge in [0.05, 0.1) is 5.56 Å². The molecule has 2 aromatic carbocycles. The van der Waals surface area contributed by atoms with Crippen LogP contribution in [0.4, 0.5) is 5.95 Å². The summed E-state index contributed by atoms with van der Waals surface area (Å²) in [7, 11) is 0. The van der Waals surface area contributed by atoms with Crippen LogP contribution < -0.4 is 10.6 Å². The van der Waals surface area contributed by atoms with E-state index in [9.17, 15) is 9.59 Å². The first-order chi connectivity index (χ1) is 13.0. The molecule has 0 atom stereocenters. The molecule has 9 heteroatoms. The second-order valence-corrected chi connectivity index (χ2v) is 7.21. The smallest absolute Gasteiger partial charge is 0.259 e. The summed E-state index contributed by atoms with van der Waals surface area (Å²) in [4.78, 5) is 28.4. The number of carbonyl (C=O) groups excluding carboxylic acids is 2. The second-order valence-electron chi connectivity index (χ2n) is 5.61. The molecule has 3 rings (SSSR count).